The maximum atomic E-state index is 12.0. The maximum Gasteiger partial charge on any atom is 0.270 e. The van der Waals surface area contributed by atoms with Crippen molar-refractivity contribution in [2.45, 2.75) is 12.5 Å². The Morgan fingerprint density at radius 2 is 2.53 bits per heavy atom. The molecule has 1 unspecified atom stereocenters. The molecule has 5 heteroatoms. The molecule has 1 aliphatic rings. The molecule has 0 bridgehead atoms. The topological polar surface area (TPSA) is 45.3 Å². The fraction of sp³-hybridized carbons (Fsp3) is 0.500. The average molecular weight is 273 g/mol. The van der Waals surface area contributed by atoms with E-state index in [2.05, 4.69) is 20.9 Å². The van der Waals surface area contributed by atoms with E-state index in [0.29, 0.717) is 12.3 Å². The second-order valence-corrected chi connectivity index (χ2v) is 4.58. The molecule has 0 spiro atoms. The van der Waals surface area contributed by atoms with Gasteiger partial charge in [-0.15, -0.1) is 0 Å². The molecule has 4 nitrogen and oxygen atoms in total. The van der Waals surface area contributed by atoms with E-state index in [1.54, 1.807) is 17.2 Å². The standard InChI is InChI=1S/C10H13BrN2O2/c1-13(8-2-3-15-6-8)10(14)9-4-7(11)5-12-9/h4-5,8,12H,2-3,6H2,1H3. The predicted octanol–water partition coefficient (Wildman–Crippen LogP) is 1.64. The van der Waals surface area contributed by atoms with Crippen LogP contribution in [-0.4, -0.2) is 42.1 Å². The molecule has 2 rings (SSSR count). The van der Waals surface area contributed by atoms with E-state index in [1.807, 2.05) is 7.05 Å². The van der Waals surface area contributed by atoms with Crippen molar-refractivity contribution in [3.8, 4) is 0 Å². The Bertz CT molecular complexity index is 358. The smallest absolute Gasteiger partial charge is 0.270 e. The molecular weight excluding hydrogens is 260 g/mol. The van der Waals surface area contributed by atoms with Crippen LogP contribution in [0.5, 0.6) is 0 Å². The van der Waals surface area contributed by atoms with Gasteiger partial charge in [-0.3, -0.25) is 4.79 Å². The minimum absolute atomic E-state index is 0.0104. The molecule has 1 amide bonds. The van der Waals surface area contributed by atoms with E-state index >= 15 is 0 Å². The fourth-order valence-corrected chi connectivity index (χ4v) is 2.02. The summed E-state index contributed by atoms with van der Waals surface area (Å²) in [4.78, 5) is 16.6. The molecule has 0 saturated carbocycles. The lowest BCUT2D eigenvalue weighted by Crippen LogP contribution is -2.37. The highest BCUT2D eigenvalue weighted by Gasteiger charge is 2.25. The lowest BCUT2D eigenvalue weighted by atomic mass is 10.2. The van der Waals surface area contributed by atoms with Crippen LogP contribution in [0.4, 0.5) is 0 Å². The van der Waals surface area contributed by atoms with E-state index in [9.17, 15) is 4.79 Å². The van der Waals surface area contributed by atoms with Gasteiger partial charge in [0.1, 0.15) is 5.69 Å². The van der Waals surface area contributed by atoms with Crippen molar-refractivity contribution in [1.82, 2.24) is 9.88 Å². The first-order chi connectivity index (χ1) is 7.18. The van der Waals surface area contributed by atoms with E-state index in [0.717, 1.165) is 17.5 Å². The lowest BCUT2D eigenvalue weighted by Gasteiger charge is -2.22. The number of nitrogens with one attached hydrogen (secondary N) is 1. The van der Waals surface area contributed by atoms with Crippen molar-refractivity contribution in [3.63, 3.8) is 0 Å². The van der Waals surface area contributed by atoms with E-state index in [1.165, 1.54) is 0 Å². The van der Waals surface area contributed by atoms with Gasteiger partial charge >= 0.3 is 0 Å². The summed E-state index contributed by atoms with van der Waals surface area (Å²) in [7, 11) is 1.82. The molecule has 2 heterocycles. The monoisotopic (exact) mass is 272 g/mol. The number of ether oxygens (including phenoxy) is 1. The van der Waals surface area contributed by atoms with E-state index in [4.69, 9.17) is 4.74 Å². The minimum Gasteiger partial charge on any atom is -0.379 e. The first-order valence-corrected chi connectivity index (χ1v) is 5.66. The molecule has 0 radical (unpaired) electrons. The zero-order valence-electron chi connectivity index (χ0n) is 8.50. The van der Waals surface area contributed by atoms with Gasteiger partial charge in [-0.25, -0.2) is 0 Å². The summed E-state index contributed by atoms with van der Waals surface area (Å²) in [5, 5.41) is 0. The van der Waals surface area contributed by atoms with Crippen LogP contribution in [0.1, 0.15) is 16.9 Å². The van der Waals surface area contributed by atoms with Crippen LogP contribution in [0.3, 0.4) is 0 Å². The summed E-state index contributed by atoms with van der Waals surface area (Å²) in [6, 6.07) is 1.99. The summed E-state index contributed by atoms with van der Waals surface area (Å²) in [5.41, 5.74) is 0.608. The molecule has 0 aliphatic carbocycles. The maximum absolute atomic E-state index is 12.0. The average Bonchev–Trinajstić information content (AvgIpc) is 2.85. The van der Waals surface area contributed by atoms with Crippen LogP contribution in [-0.2, 0) is 4.74 Å². The van der Waals surface area contributed by atoms with Gasteiger partial charge in [0, 0.05) is 24.3 Å². The Hall–Kier alpha value is -0.810. The number of likely N-dealkylation sites (N-methyl/N-ethyl adjacent to an activating group) is 1. The highest BCUT2D eigenvalue weighted by atomic mass is 79.9. The summed E-state index contributed by atoms with van der Waals surface area (Å²) in [6.07, 6.45) is 2.68. The molecule has 1 atom stereocenters. The second-order valence-electron chi connectivity index (χ2n) is 3.67. The second kappa shape index (κ2) is 4.37. The summed E-state index contributed by atoms with van der Waals surface area (Å²) in [6.45, 7) is 1.39. The van der Waals surface area contributed by atoms with Gasteiger partial charge in [0.2, 0.25) is 0 Å². The summed E-state index contributed by atoms with van der Waals surface area (Å²) < 4.78 is 6.15. The van der Waals surface area contributed by atoms with E-state index in [-0.39, 0.29) is 11.9 Å². The van der Waals surface area contributed by atoms with Crippen LogP contribution in [0.25, 0.3) is 0 Å². The van der Waals surface area contributed by atoms with Gasteiger partial charge in [-0.1, -0.05) is 0 Å². The van der Waals surface area contributed by atoms with Crippen molar-refractivity contribution in [2.75, 3.05) is 20.3 Å². The van der Waals surface area contributed by atoms with Crippen molar-refractivity contribution < 1.29 is 9.53 Å². The number of halogens is 1. The predicted molar refractivity (Wildman–Crippen MR) is 59.8 cm³/mol. The molecule has 82 valence electrons. The number of rotatable bonds is 2. The number of hydrogen-bond donors (Lipinski definition) is 1. The van der Waals surface area contributed by atoms with E-state index < -0.39 is 0 Å². The molecule has 1 fully saturated rings. The van der Waals surface area contributed by atoms with Crippen LogP contribution >= 0.6 is 15.9 Å². The minimum atomic E-state index is 0.0104. The molecule has 0 aromatic carbocycles. The van der Waals surface area contributed by atoms with Gasteiger partial charge in [-0.2, -0.15) is 0 Å². The zero-order chi connectivity index (χ0) is 10.8. The number of amides is 1. The zero-order valence-corrected chi connectivity index (χ0v) is 10.1. The van der Waals surface area contributed by atoms with Crippen LogP contribution in [0.15, 0.2) is 16.7 Å². The number of carbonyl (C=O) groups excluding carboxylic acids is 1. The number of carbonyl (C=O) groups is 1. The first-order valence-electron chi connectivity index (χ1n) is 4.87. The normalized spacial score (nSPS) is 20.5. The van der Waals surface area contributed by atoms with Gasteiger partial charge < -0.3 is 14.6 Å². The van der Waals surface area contributed by atoms with Gasteiger partial charge in [0.15, 0.2) is 0 Å². The van der Waals surface area contributed by atoms with Gasteiger partial charge in [0.05, 0.1) is 12.6 Å². The quantitative estimate of drug-likeness (QED) is 0.890. The molecule has 15 heavy (non-hydrogen) atoms. The third-order valence-corrected chi connectivity index (χ3v) is 3.11. The van der Waals surface area contributed by atoms with Crippen molar-refractivity contribution in [3.05, 3.63) is 22.4 Å². The number of hydrogen-bond acceptors (Lipinski definition) is 2. The molecule has 1 saturated heterocycles. The van der Waals surface area contributed by atoms with Gasteiger partial charge in [-0.05, 0) is 28.4 Å². The SMILES string of the molecule is CN(C(=O)c1cc(Br)c[nH]1)C1CCOC1. The highest BCUT2D eigenvalue weighted by molar-refractivity contribution is 9.10. The number of H-pyrrole nitrogens is 1. The van der Waals surface area contributed by atoms with Crippen LogP contribution < -0.4 is 0 Å². The number of aromatic amines is 1. The Morgan fingerprint density at radius 3 is 3.07 bits per heavy atom. The fourth-order valence-electron chi connectivity index (χ4n) is 1.67. The molecular formula is C10H13BrN2O2. The lowest BCUT2D eigenvalue weighted by molar-refractivity contribution is 0.0706. The summed E-state index contributed by atoms with van der Waals surface area (Å²) in [5.74, 6) is 0.0104. The van der Waals surface area contributed by atoms with Crippen molar-refractivity contribution >= 4 is 21.8 Å². The Balaban J connectivity index is 2.06. The third-order valence-electron chi connectivity index (χ3n) is 2.65. The molecule has 1 aromatic rings. The van der Waals surface area contributed by atoms with Crippen LogP contribution in [0, 0.1) is 0 Å². The number of nitrogens with zero attached hydrogens (tertiary/aromatic N) is 1. The van der Waals surface area contributed by atoms with Gasteiger partial charge in [0.25, 0.3) is 5.91 Å². The largest absolute Gasteiger partial charge is 0.379 e. The first kappa shape index (κ1) is 10.7. The Morgan fingerprint density at radius 1 is 1.73 bits per heavy atom. The Kier molecular flexibility index (Phi) is 3.11. The van der Waals surface area contributed by atoms with Crippen molar-refractivity contribution in [2.24, 2.45) is 0 Å². The molecule has 1 N–H and O–H groups in total. The van der Waals surface area contributed by atoms with Crippen LogP contribution in [0.2, 0.25) is 0 Å². The molecule has 1 aliphatic heterocycles. The molecule has 1 aromatic heterocycles. The third kappa shape index (κ3) is 2.23. The van der Waals surface area contributed by atoms with Crippen molar-refractivity contribution in [1.29, 1.82) is 0 Å². The Labute approximate surface area is 96.7 Å². The highest BCUT2D eigenvalue weighted by Crippen LogP contribution is 2.16. The summed E-state index contributed by atoms with van der Waals surface area (Å²) >= 11 is 3.31. The number of aromatic nitrogens is 1.